The molecule has 2 rings (SSSR count). The van der Waals surface area contributed by atoms with E-state index in [1.165, 1.54) is 38.9 Å². The fourth-order valence-corrected chi connectivity index (χ4v) is 2.54. The van der Waals surface area contributed by atoms with Crippen LogP contribution in [0, 0.1) is 34.6 Å². The average Bonchev–Trinajstić information content (AvgIpc) is 2.36. The normalized spacial score (nSPS) is 10.6. The molecule has 0 atom stereocenters. The Labute approximate surface area is 104 Å². The minimum Gasteiger partial charge on any atom is -0.0622 e. The lowest BCUT2D eigenvalue weighted by Crippen LogP contribution is -1.99. The second kappa shape index (κ2) is 4.37. The first-order chi connectivity index (χ1) is 8.04. The van der Waals surface area contributed by atoms with Crippen molar-refractivity contribution in [1.29, 1.82) is 0 Å². The molecule has 0 saturated heterocycles. The van der Waals surface area contributed by atoms with Gasteiger partial charge in [0, 0.05) is 0 Å². The maximum atomic E-state index is 2.23. The van der Waals surface area contributed by atoms with E-state index >= 15 is 0 Å². The standard InChI is InChI=1S/C17H20/c1-11-12(2)14(4)17(15(5)13(11)3)16-9-7-6-8-10-16/h6-10H,1-5H3. The molecule has 0 radical (unpaired) electrons. The fraction of sp³-hybridized carbons (Fsp3) is 0.294. The SMILES string of the molecule is Cc1c(C)c(C)c(-c2ccccc2)c(C)c1C. The summed E-state index contributed by atoms with van der Waals surface area (Å²) in [7, 11) is 0. The summed E-state index contributed by atoms with van der Waals surface area (Å²) < 4.78 is 0. The van der Waals surface area contributed by atoms with Crippen molar-refractivity contribution in [3.63, 3.8) is 0 Å². The van der Waals surface area contributed by atoms with E-state index in [4.69, 9.17) is 0 Å². The van der Waals surface area contributed by atoms with E-state index in [0.717, 1.165) is 0 Å². The predicted molar refractivity (Wildman–Crippen MR) is 75.6 cm³/mol. The van der Waals surface area contributed by atoms with Crippen molar-refractivity contribution in [1.82, 2.24) is 0 Å². The molecule has 0 heterocycles. The molecule has 0 spiro atoms. The maximum absolute atomic E-state index is 2.23. The van der Waals surface area contributed by atoms with Crippen molar-refractivity contribution in [3.05, 3.63) is 58.1 Å². The quantitative estimate of drug-likeness (QED) is 0.646. The van der Waals surface area contributed by atoms with Crippen LogP contribution in [0.15, 0.2) is 30.3 Å². The molecular formula is C17H20. The van der Waals surface area contributed by atoms with Crippen LogP contribution < -0.4 is 0 Å². The summed E-state index contributed by atoms with van der Waals surface area (Å²) in [6, 6.07) is 10.7. The van der Waals surface area contributed by atoms with Gasteiger partial charge >= 0.3 is 0 Å². The van der Waals surface area contributed by atoms with Gasteiger partial charge < -0.3 is 0 Å². The number of rotatable bonds is 1. The number of hydrogen-bond acceptors (Lipinski definition) is 0. The first-order valence-electron chi connectivity index (χ1n) is 6.16. The van der Waals surface area contributed by atoms with Gasteiger partial charge in [-0.3, -0.25) is 0 Å². The van der Waals surface area contributed by atoms with Crippen LogP contribution in [-0.2, 0) is 0 Å². The Hall–Kier alpha value is -1.56. The summed E-state index contributed by atoms with van der Waals surface area (Å²) in [5, 5.41) is 0. The van der Waals surface area contributed by atoms with Crippen LogP contribution in [0.4, 0.5) is 0 Å². The van der Waals surface area contributed by atoms with E-state index in [9.17, 15) is 0 Å². The maximum Gasteiger partial charge on any atom is -0.0120 e. The van der Waals surface area contributed by atoms with Gasteiger partial charge in [0.1, 0.15) is 0 Å². The monoisotopic (exact) mass is 224 g/mol. The van der Waals surface area contributed by atoms with E-state index in [1.807, 2.05) is 0 Å². The third-order valence-corrected chi connectivity index (χ3v) is 4.06. The van der Waals surface area contributed by atoms with E-state index in [-0.39, 0.29) is 0 Å². The Kier molecular flexibility index (Phi) is 3.06. The zero-order valence-electron chi connectivity index (χ0n) is 11.4. The topological polar surface area (TPSA) is 0 Å². The van der Waals surface area contributed by atoms with Gasteiger partial charge in [-0.25, -0.2) is 0 Å². The van der Waals surface area contributed by atoms with Crippen LogP contribution >= 0.6 is 0 Å². The van der Waals surface area contributed by atoms with Crippen molar-refractivity contribution < 1.29 is 0 Å². The summed E-state index contributed by atoms with van der Waals surface area (Å²) >= 11 is 0. The molecule has 0 aliphatic heterocycles. The predicted octanol–water partition coefficient (Wildman–Crippen LogP) is 4.90. The summed E-state index contributed by atoms with van der Waals surface area (Å²) in [5.74, 6) is 0. The lowest BCUT2D eigenvalue weighted by atomic mass is 9.86. The van der Waals surface area contributed by atoms with Gasteiger partial charge in [-0.2, -0.15) is 0 Å². The first-order valence-corrected chi connectivity index (χ1v) is 6.16. The molecule has 0 unspecified atom stereocenters. The van der Waals surface area contributed by atoms with Crippen LogP contribution in [-0.4, -0.2) is 0 Å². The second-order valence-corrected chi connectivity index (χ2v) is 4.87. The molecule has 0 aromatic heterocycles. The highest BCUT2D eigenvalue weighted by Crippen LogP contribution is 2.33. The Balaban J connectivity index is 2.80. The Bertz CT molecular complexity index is 519. The average molecular weight is 224 g/mol. The molecule has 88 valence electrons. The van der Waals surface area contributed by atoms with Crippen LogP contribution in [0.3, 0.4) is 0 Å². The molecule has 0 heteroatoms. The Morgan fingerprint density at radius 1 is 0.529 bits per heavy atom. The van der Waals surface area contributed by atoms with Gasteiger partial charge in [-0.15, -0.1) is 0 Å². The summed E-state index contributed by atoms with van der Waals surface area (Å²) in [5.41, 5.74) is 9.84. The van der Waals surface area contributed by atoms with E-state index in [1.54, 1.807) is 0 Å². The van der Waals surface area contributed by atoms with Gasteiger partial charge in [0.25, 0.3) is 0 Å². The molecule has 2 aromatic carbocycles. The lowest BCUT2D eigenvalue weighted by Gasteiger charge is -2.18. The van der Waals surface area contributed by atoms with E-state index < -0.39 is 0 Å². The highest BCUT2D eigenvalue weighted by molar-refractivity contribution is 5.74. The van der Waals surface area contributed by atoms with Crippen LogP contribution in [0.2, 0.25) is 0 Å². The minimum absolute atomic E-state index is 1.33. The highest BCUT2D eigenvalue weighted by atomic mass is 14.2. The second-order valence-electron chi connectivity index (χ2n) is 4.87. The van der Waals surface area contributed by atoms with Gasteiger partial charge in [-0.1, -0.05) is 30.3 Å². The van der Waals surface area contributed by atoms with Gasteiger partial charge in [0.15, 0.2) is 0 Å². The Morgan fingerprint density at radius 2 is 0.941 bits per heavy atom. The zero-order valence-corrected chi connectivity index (χ0v) is 11.4. The molecule has 0 amide bonds. The molecule has 0 aliphatic carbocycles. The van der Waals surface area contributed by atoms with Crippen LogP contribution in [0.25, 0.3) is 11.1 Å². The molecule has 0 N–H and O–H groups in total. The molecule has 0 saturated carbocycles. The van der Waals surface area contributed by atoms with Crippen molar-refractivity contribution in [3.8, 4) is 11.1 Å². The van der Waals surface area contributed by atoms with Crippen molar-refractivity contribution in [2.24, 2.45) is 0 Å². The number of hydrogen-bond donors (Lipinski definition) is 0. The van der Waals surface area contributed by atoms with Crippen LogP contribution in [0.5, 0.6) is 0 Å². The molecule has 17 heavy (non-hydrogen) atoms. The van der Waals surface area contributed by atoms with E-state index in [0.29, 0.717) is 0 Å². The third-order valence-electron chi connectivity index (χ3n) is 4.06. The number of benzene rings is 2. The third kappa shape index (κ3) is 1.88. The van der Waals surface area contributed by atoms with Crippen molar-refractivity contribution >= 4 is 0 Å². The van der Waals surface area contributed by atoms with Gasteiger partial charge in [-0.05, 0) is 73.6 Å². The van der Waals surface area contributed by atoms with Crippen molar-refractivity contribution in [2.45, 2.75) is 34.6 Å². The van der Waals surface area contributed by atoms with E-state index in [2.05, 4.69) is 65.0 Å². The molecular weight excluding hydrogens is 204 g/mol. The fourth-order valence-electron chi connectivity index (χ4n) is 2.54. The first kappa shape index (κ1) is 11.9. The molecule has 0 nitrogen and oxygen atoms in total. The highest BCUT2D eigenvalue weighted by Gasteiger charge is 2.12. The van der Waals surface area contributed by atoms with Gasteiger partial charge in [0.05, 0.1) is 0 Å². The minimum atomic E-state index is 1.33. The summed E-state index contributed by atoms with van der Waals surface area (Å²) in [4.78, 5) is 0. The molecule has 0 bridgehead atoms. The smallest absolute Gasteiger partial charge is 0.0120 e. The summed E-state index contributed by atoms with van der Waals surface area (Å²) in [6.45, 7) is 11.1. The van der Waals surface area contributed by atoms with Crippen LogP contribution in [0.1, 0.15) is 27.8 Å². The molecule has 0 fully saturated rings. The van der Waals surface area contributed by atoms with Gasteiger partial charge in [0.2, 0.25) is 0 Å². The largest absolute Gasteiger partial charge is 0.0622 e. The molecule has 0 aliphatic rings. The molecule has 2 aromatic rings. The zero-order chi connectivity index (χ0) is 12.6. The summed E-state index contributed by atoms with van der Waals surface area (Å²) in [6.07, 6.45) is 0. The Morgan fingerprint density at radius 3 is 1.41 bits per heavy atom. The lowest BCUT2D eigenvalue weighted by molar-refractivity contribution is 1.18. The van der Waals surface area contributed by atoms with Crippen molar-refractivity contribution in [2.75, 3.05) is 0 Å².